The minimum Gasteiger partial charge on any atom is -0.341 e. The molecule has 1 aliphatic heterocycles. The molecule has 1 fully saturated rings. The molecular formula is C12H15N3O3. The molecule has 0 aromatic heterocycles. The Morgan fingerprint density at radius 3 is 2.83 bits per heavy atom. The molecule has 4 N–H and O–H groups in total. The average Bonchev–Trinajstić information content (AvgIpc) is 2.76. The van der Waals surface area contributed by atoms with Gasteiger partial charge in [-0.1, -0.05) is 30.3 Å². The van der Waals surface area contributed by atoms with Crippen molar-refractivity contribution in [1.82, 2.24) is 10.8 Å². The molecule has 0 saturated carbocycles. The quantitative estimate of drug-likeness (QED) is 0.645. The number of nitrogens with one attached hydrogen (secondary N) is 2. The standard InChI is InChI=1S/C12H15N3O3/c13-9(6-8-4-2-1-3-5-8)11(16)14-10-7-18-15-12(10)17/h1-5,9-10H,6-7,13H2,(H,14,16)(H,15,17)/t9?,10-/m1/s1. The normalized spacial score (nSPS) is 20.3. The second-order valence-electron chi connectivity index (χ2n) is 4.13. The molecule has 1 heterocycles. The smallest absolute Gasteiger partial charge is 0.268 e. The van der Waals surface area contributed by atoms with Gasteiger partial charge >= 0.3 is 0 Å². The highest BCUT2D eigenvalue weighted by Crippen LogP contribution is 2.02. The first kappa shape index (κ1) is 12.5. The summed E-state index contributed by atoms with van der Waals surface area (Å²) in [6, 6.07) is 8.14. The SMILES string of the molecule is NC(Cc1ccccc1)C(=O)N[C@@H]1CONC1=O. The first-order valence-electron chi connectivity index (χ1n) is 5.68. The molecule has 2 amide bonds. The monoisotopic (exact) mass is 249 g/mol. The van der Waals surface area contributed by atoms with Crippen LogP contribution in [0.5, 0.6) is 0 Å². The molecule has 0 aliphatic carbocycles. The third-order valence-corrected chi connectivity index (χ3v) is 2.69. The van der Waals surface area contributed by atoms with E-state index in [2.05, 4.69) is 10.8 Å². The Labute approximate surface area is 104 Å². The second kappa shape index (κ2) is 5.61. The maximum atomic E-state index is 11.8. The number of rotatable bonds is 4. The fourth-order valence-corrected chi connectivity index (χ4v) is 1.69. The minimum absolute atomic E-state index is 0.128. The van der Waals surface area contributed by atoms with Crippen LogP contribution in [0.3, 0.4) is 0 Å². The number of hydrogen-bond acceptors (Lipinski definition) is 4. The number of hydrogen-bond donors (Lipinski definition) is 3. The fourth-order valence-electron chi connectivity index (χ4n) is 1.69. The van der Waals surface area contributed by atoms with Gasteiger partial charge in [-0.2, -0.15) is 0 Å². The first-order valence-corrected chi connectivity index (χ1v) is 5.68. The lowest BCUT2D eigenvalue weighted by atomic mass is 10.1. The largest absolute Gasteiger partial charge is 0.341 e. The van der Waals surface area contributed by atoms with E-state index in [-0.39, 0.29) is 18.4 Å². The Morgan fingerprint density at radius 2 is 2.22 bits per heavy atom. The Hall–Kier alpha value is -1.92. The highest BCUT2D eigenvalue weighted by molar-refractivity contribution is 5.90. The molecule has 0 radical (unpaired) electrons. The molecule has 6 heteroatoms. The third kappa shape index (κ3) is 3.06. The van der Waals surface area contributed by atoms with E-state index in [0.29, 0.717) is 6.42 Å². The predicted octanol–water partition coefficient (Wildman–Crippen LogP) is -0.897. The van der Waals surface area contributed by atoms with Gasteiger partial charge in [-0.15, -0.1) is 0 Å². The van der Waals surface area contributed by atoms with Crippen molar-refractivity contribution in [2.75, 3.05) is 6.61 Å². The lowest BCUT2D eigenvalue weighted by Gasteiger charge is -2.14. The summed E-state index contributed by atoms with van der Waals surface area (Å²) in [6.45, 7) is 0.128. The highest BCUT2D eigenvalue weighted by atomic mass is 16.7. The van der Waals surface area contributed by atoms with Gasteiger partial charge in [-0.25, -0.2) is 5.48 Å². The lowest BCUT2D eigenvalue weighted by molar-refractivity contribution is -0.129. The summed E-state index contributed by atoms with van der Waals surface area (Å²) in [4.78, 5) is 27.7. The van der Waals surface area contributed by atoms with Crippen molar-refractivity contribution < 1.29 is 14.4 Å². The van der Waals surface area contributed by atoms with Crippen LogP contribution in [-0.2, 0) is 20.8 Å². The van der Waals surface area contributed by atoms with Crippen molar-refractivity contribution in [1.29, 1.82) is 0 Å². The van der Waals surface area contributed by atoms with Crippen LogP contribution in [0.4, 0.5) is 0 Å². The van der Waals surface area contributed by atoms with Gasteiger partial charge in [0.25, 0.3) is 5.91 Å². The van der Waals surface area contributed by atoms with E-state index >= 15 is 0 Å². The number of amides is 2. The van der Waals surface area contributed by atoms with E-state index < -0.39 is 12.1 Å². The molecule has 96 valence electrons. The van der Waals surface area contributed by atoms with Crippen molar-refractivity contribution in [2.45, 2.75) is 18.5 Å². The van der Waals surface area contributed by atoms with Crippen LogP contribution in [-0.4, -0.2) is 30.5 Å². The number of nitrogens with two attached hydrogens (primary N) is 1. The van der Waals surface area contributed by atoms with Gasteiger partial charge in [0.15, 0.2) is 0 Å². The number of benzene rings is 1. The van der Waals surface area contributed by atoms with Gasteiger partial charge in [-0.05, 0) is 12.0 Å². The van der Waals surface area contributed by atoms with Crippen LogP contribution < -0.4 is 16.5 Å². The van der Waals surface area contributed by atoms with Gasteiger partial charge in [0.1, 0.15) is 12.6 Å². The summed E-state index contributed by atoms with van der Waals surface area (Å²) >= 11 is 0. The Bertz CT molecular complexity index is 435. The van der Waals surface area contributed by atoms with Crippen molar-refractivity contribution >= 4 is 11.8 Å². The predicted molar refractivity (Wildman–Crippen MR) is 64.1 cm³/mol. The maximum absolute atomic E-state index is 11.8. The molecule has 6 nitrogen and oxygen atoms in total. The van der Waals surface area contributed by atoms with E-state index in [1.165, 1.54) is 0 Å². The highest BCUT2D eigenvalue weighted by Gasteiger charge is 2.28. The number of carbonyl (C=O) groups excluding carboxylic acids is 2. The summed E-state index contributed by atoms with van der Waals surface area (Å²) in [5.74, 6) is -0.709. The van der Waals surface area contributed by atoms with E-state index in [4.69, 9.17) is 10.6 Å². The van der Waals surface area contributed by atoms with Crippen molar-refractivity contribution in [3.8, 4) is 0 Å². The Balaban J connectivity index is 1.87. The molecule has 2 atom stereocenters. The molecule has 1 saturated heterocycles. The summed E-state index contributed by atoms with van der Waals surface area (Å²) < 4.78 is 0. The molecule has 1 unspecified atom stereocenters. The summed E-state index contributed by atoms with van der Waals surface area (Å²) in [5, 5.41) is 2.55. The van der Waals surface area contributed by atoms with Gasteiger partial charge in [-0.3, -0.25) is 14.4 Å². The van der Waals surface area contributed by atoms with Crippen LogP contribution in [0.1, 0.15) is 5.56 Å². The van der Waals surface area contributed by atoms with Gasteiger partial charge in [0, 0.05) is 0 Å². The zero-order chi connectivity index (χ0) is 13.0. The molecule has 1 aromatic carbocycles. The van der Waals surface area contributed by atoms with Crippen LogP contribution in [0.25, 0.3) is 0 Å². The van der Waals surface area contributed by atoms with Crippen LogP contribution in [0.15, 0.2) is 30.3 Å². The van der Waals surface area contributed by atoms with Gasteiger partial charge < -0.3 is 11.1 Å². The summed E-state index contributed by atoms with van der Waals surface area (Å²) in [6.07, 6.45) is 0.432. The minimum atomic E-state index is -0.680. The van der Waals surface area contributed by atoms with Crippen molar-refractivity contribution in [3.05, 3.63) is 35.9 Å². The fraction of sp³-hybridized carbons (Fsp3) is 0.333. The van der Waals surface area contributed by atoms with Gasteiger partial charge in [0.05, 0.1) is 6.04 Å². The van der Waals surface area contributed by atoms with Crippen molar-refractivity contribution in [2.24, 2.45) is 5.73 Å². The molecule has 0 spiro atoms. The molecule has 18 heavy (non-hydrogen) atoms. The van der Waals surface area contributed by atoms with Gasteiger partial charge in [0.2, 0.25) is 5.91 Å². The molecule has 1 aliphatic rings. The first-order chi connectivity index (χ1) is 8.66. The molecule has 1 aromatic rings. The Kier molecular flexibility index (Phi) is 3.91. The summed E-state index contributed by atoms with van der Waals surface area (Å²) in [5.41, 5.74) is 8.94. The third-order valence-electron chi connectivity index (χ3n) is 2.69. The topological polar surface area (TPSA) is 93.5 Å². The molecular weight excluding hydrogens is 234 g/mol. The maximum Gasteiger partial charge on any atom is 0.268 e. The van der Waals surface area contributed by atoms with E-state index in [0.717, 1.165) is 5.56 Å². The van der Waals surface area contributed by atoms with E-state index in [9.17, 15) is 9.59 Å². The van der Waals surface area contributed by atoms with E-state index in [1.54, 1.807) is 0 Å². The Morgan fingerprint density at radius 1 is 1.50 bits per heavy atom. The van der Waals surface area contributed by atoms with E-state index in [1.807, 2.05) is 30.3 Å². The number of hydroxylamine groups is 1. The van der Waals surface area contributed by atoms with Crippen LogP contribution in [0.2, 0.25) is 0 Å². The lowest BCUT2D eigenvalue weighted by Crippen LogP contribution is -2.49. The number of carbonyl (C=O) groups is 2. The molecule has 2 rings (SSSR count). The van der Waals surface area contributed by atoms with Crippen molar-refractivity contribution in [3.63, 3.8) is 0 Å². The van der Waals surface area contributed by atoms with Crippen LogP contribution in [0, 0.1) is 0 Å². The second-order valence-corrected chi connectivity index (χ2v) is 4.13. The zero-order valence-corrected chi connectivity index (χ0v) is 9.76. The zero-order valence-electron chi connectivity index (χ0n) is 9.76. The van der Waals surface area contributed by atoms with Crippen LogP contribution >= 0.6 is 0 Å². The summed E-state index contributed by atoms with van der Waals surface area (Å²) in [7, 11) is 0. The average molecular weight is 249 g/mol. The molecule has 0 bridgehead atoms.